The maximum atomic E-state index is 13.0. The molecule has 2 heterocycles. The van der Waals surface area contributed by atoms with Crippen LogP contribution in [0.4, 0.5) is 0 Å². The highest BCUT2D eigenvalue weighted by Gasteiger charge is 2.59. The molecule has 1 amide bonds. The van der Waals surface area contributed by atoms with Gasteiger partial charge in [0.05, 0.1) is 30.8 Å². The molecule has 44 heavy (non-hydrogen) atoms. The lowest BCUT2D eigenvalue weighted by Gasteiger charge is -2.54. The molecule has 0 radical (unpaired) electrons. The van der Waals surface area contributed by atoms with Crippen molar-refractivity contribution in [2.45, 2.75) is 117 Å². The van der Waals surface area contributed by atoms with Crippen LogP contribution in [0.3, 0.4) is 0 Å². The summed E-state index contributed by atoms with van der Waals surface area (Å²) in [4.78, 5) is 13.0. The van der Waals surface area contributed by atoms with E-state index in [1.807, 2.05) is 0 Å². The first-order chi connectivity index (χ1) is 20.9. The number of nitrogens with one attached hydrogen (secondary N) is 2. The van der Waals surface area contributed by atoms with Gasteiger partial charge in [-0.2, -0.15) is 0 Å². The molecule has 2 aliphatic heterocycles. The lowest BCUT2D eigenvalue weighted by Crippen LogP contribution is -2.76. The number of aliphatic hydroxyl groups is 5. The number of carbonyl (C=O) groups is 1. The van der Waals surface area contributed by atoms with Crippen LogP contribution in [-0.2, 0) is 23.7 Å². The number of aliphatic hydroxyl groups excluding tert-OH is 4. The molecule has 3 rings (SSSR count). The molecule has 2 saturated heterocycles. The van der Waals surface area contributed by atoms with Crippen LogP contribution >= 0.6 is 0 Å². The maximum absolute atomic E-state index is 13.0. The average Bonchev–Trinajstić information content (AvgIpc) is 3.00. The summed E-state index contributed by atoms with van der Waals surface area (Å²) in [5.41, 5.74) is 33.9. The van der Waals surface area contributed by atoms with Crippen LogP contribution in [0.25, 0.3) is 0 Å². The van der Waals surface area contributed by atoms with Gasteiger partial charge < -0.3 is 89.5 Å². The first-order valence-corrected chi connectivity index (χ1v) is 15.3. The van der Waals surface area contributed by atoms with E-state index in [-0.39, 0.29) is 38.6 Å². The molecule has 3 aliphatic rings. The van der Waals surface area contributed by atoms with Gasteiger partial charge in [-0.15, -0.1) is 0 Å². The first-order valence-electron chi connectivity index (χ1n) is 15.3. The Morgan fingerprint density at radius 1 is 0.977 bits per heavy atom. The van der Waals surface area contributed by atoms with Gasteiger partial charge in [-0.3, -0.25) is 4.79 Å². The van der Waals surface area contributed by atoms with Gasteiger partial charge in [-0.05, 0) is 51.7 Å². The highest BCUT2D eigenvalue weighted by atomic mass is 16.7. The lowest BCUT2D eigenvalue weighted by atomic mass is 9.73. The van der Waals surface area contributed by atoms with Crippen molar-refractivity contribution in [1.82, 2.24) is 10.6 Å². The van der Waals surface area contributed by atoms with Gasteiger partial charge in [0.2, 0.25) is 5.91 Å². The molecule has 6 unspecified atom stereocenters. The van der Waals surface area contributed by atoms with E-state index >= 15 is 0 Å². The number of hydrogen-bond donors (Lipinski definition) is 13. The molecule has 19 N–H and O–H groups in total. The minimum Gasteiger partial charge on any atom is -0.394 e. The zero-order valence-electron chi connectivity index (χ0n) is 25.0. The van der Waals surface area contributed by atoms with Gasteiger partial charge in [0.15, 0.2) is 12.6 Å². The molecule has 1 saturated carbocycles. The second-order valence-corrected chi connectivity index (χ2v) is 11.9. The summed E-state index contributed by atoms with van der Waals surface area (Å²) >= 11 is 0. The second-order valence-electron chi connectivity index (χ2n) is 11.9. The van der Waals surface area contributed by atoms with Crippen molar-refractivity contribution in [2.24, 2.45) is 34.4 Å². The first kappa shape index (κ1) is 37.3. The smallest absolute Gasteiger partial charge is 0.249 e. The molecule has 14 atom stereocenters. The highest BCUT2D eigenvalue weighted by Crippen LogP contribution is 2.37. The molecular weight excluding hydrogens is 584 g/mol. The number of nitrogens with two attached hydrogens (primary N) is 6. The Bertz CT molecular complexity index is 883. The number of carbonyl (C=O) groups excluding carboxylic acids is 1. The number of ether oxygens (including phenoxy) is 4. The molecule has 0 aromatic carbocycles. The van der Waals surface area contributed by atoms with Gasteiger partial charge in [0.25, 0.3) is 0 Å². The largest absolute Gasteiger partial charge is 0.394 e. The Kier molecular flexibility index (Phi) is 14.5. The molecule has 18 heteroatoms. The Morgan fingerprint density at radius 3 is 2.32 bits per heavy atom. The Hall–Kier alpha value is -1.17. The molecule has 18 nitrogen and oxygen atoms in total. The van der Waals surface area contributed by atoms with Gasteiger partial charge in [0, 0.05) is 19.1 Å². The van der Waals surface area contributed by atoms with Crippen molar-refractivity contribution in [3.05, 3.63) is 0 Å². The number of rotatable bonds is 15. The predicted octanol–water partition coefficient (Wildman–Crippen LogP) is -7.09. The summed E-state index contributed by atoms with van der Waals surface area (Å²) in [6.45, 7) is 0.197. The van der Waals surface area contributed by atoms with Crippen LogP contribution in [0, 0.1) is 0 Å². The molecule has 0 bridgehead atoms. The molecular formula is C26H54N8O10. The summed E-state index contributed by atoms with van der Waals surface area (Å²) in [6.07, 6.45) is -9.50. The van der Waals surface area contributed by atoms with E-state index in [2.05, 4.69) is 10.6 Å². The standard InChI is InChI=1S/C26H54N8O10/c27-5-1-7-33-11-26(40)21(43-24-13(30)3-2-12(9-29)41-24)14(31)8-15(34-23(39)16(36)4-6-28)22(26)44-25-20(38)18(32)19(37)17(10-35)42-25/h12-22,24-25,33,35-38,40H,1-11,27-32H2,(H,34,39)/t12?,13?,14-,15+,16-,17?,18-,19-,20?,21?,22+,24-,25-,26?/m0/s1. The topological polar surface area (TPSA) is 335 Å². The summed E-state index contributed by atoms with van der Waals surface area (Å²) in [5, 5.41) is 59.7. The van der Waals surface area contributed by atoms with E-state index in [4.69, 9.17) is 53.3 Å². The van der Waals surface area contributed by atoms with E-state index in [1.54, 1.807) is 0 Å². The lowest BCUT2D eigenvalue weighted by molar-refractivity contribution is -0.332. The summed E-state index contributed by atoms with van der Waals surface area (Å²) < 4.78 is 24.2. The van der Waals surface area contributed by atoms with Gasteiger partial charge >= 0.3 is 0 Å². The van der Waals surface area contributed by atoms with Crippen LogP contribution in [-0.4, -0.2) is 156 Å². The number of amides is 1. The summed E-state index contributed by atoms with van der Waals surface area (Å²) in [6, 6.07) is -3.82. The SMILES string of the molecule is NCCCNCC1(O)C(O[C@@H]2OC(CN)CCC2N)[C@@H](N)C[C@@H](NC(=O)[C@@H](O)CCN)[C@H]1O[C@@H]1OC(CO)[C@H](O)[C@H](N)C1O. The molecule has 258 valence electrons. The third-order valence-electron chi connectivity index (χ3n) is 8.56. The van der Waals surface area contributed by atoms with E-state index in [9.17, 15) is 30.3 Å². The van der Waals surface area contributed by atoms with Gasteiger partial charge in [-0.25, -0.2) is 0 Å². The zero-order valence-corrected chi connectivity index (χ0v) is 25.0. The minimum absolute atomic E-state index is 0.0231. The monoisotopic (exact) mass is 638 g/mol. The quantitative estimate of drug-likeness (QED) is 0.0741. The zero-order chi connectivity index (χ0) is 32.6. The van der Waals surface area contributed by atoms with E-state index in [0.717, 1.165) is 0 Å². The van der Waals surface area contributed by atoms with E-state index in [0.29, 0.717) is 32.4 Å². The third-order valence-corrected chi connectivity index (χ3v) is 8.56. The van der Waals surface area contributed by atoms with Crippen molar-refractivity contribution in [2.75, 3.05) is 39.3 Å². The van der Waals surface area contributed by atoms with Crippen LogP contribution in [0.1, 0.15) is 32.1 Å². The Morgan fingerprint density at radius 2 is 1.68 bits per heavy atom. The van der Waals surface area contributed by atoms with Crippen LogP contribution in [0.15, 0.2) is 0 Å². The second kappa shape index (κ2) is 17.1. The predicted molar refractivity (Wildman–Crippen MR) is 156 cm³/mol. The van der Waals surface area contributed by atoms with Gasteiger partial charge in [0.1, 0.15) is 42.2 Å². The van der Waals surface area contributed by atoms with Crippen LogP contribution in [0.2, 0.25) is 0 Å². The van der Waals surface area contributed by atoms with Crippen molar-refractivity contribution < 1.29 is 49.3 Å². The highest BCUT2D eigenvalue weighted by molar-refractivity contribution is 5.80. The van der Waals surface area contributed by atoms with Crippen LogP contribution < -0.4 is 45.0 Å². The van der Waals surface area contributed by atoms with Crippen molar-refractivity contribution in [3.63, 3.8) is 0 Å². The fourth-order valence-corrected chi connectivity index (χ4v) is 5.97. The van der Waals surface area contributed by atoms with E-state index in [1.165, 1.54) is 0 Å². The van der Waals surface area contributed by atoms with E-state index < -0.39 is 91.5 Å². The van der Waals surface area contributed by atoms with Crippen LogP contribution in [0.5, 0.6) is 0 Å². The molecule has 0 aromatic rings. The van der Waals surface area contributed by atoms with Gasteiger partial charge in [-0.1, -0.05) is 0 Å². The fraction of sp³-hybridized carbons (Fsp3) is 0.962. The Labute approximate surface area is 257 Å². The average molecular weight is 639 g/mol. The normalized spacial score (nSPS) is 42.2. The molecule has 3 fully saturated rings. The number of hydrogen-bond acceptors (Lipinski definition) is 17. The maximum Gasteiger partial charge on any atom is 0.249 e. The summed E-state index contributed by atoms with van der Waals surface area (Å²) in [5.74, 6) is -0.784. The third kappa shape index (κ3) is 8.79. The molecule has 0 spiro atoms. The van der Waals surface area contributed by atoms with Crippen molar-refractivity contribution in [3.8, 4) is 0 Å². The summed E-state index contributed by atoms with van der Waals surface area (Å²) in [7, 11) is 0. The molecule has 0 aromatic heterocycles. The van der Waals surface area contributed by atoms with Crippen molar-refractivity contribution >= 4 is 5.91 Å². The van der Waals surface area contributed by atoms with Crippen molar-refractivity contribution in [1.29, 1.82) is 0 Å². The minimum atomic E-state index is -2.06. The fourth-order valence-electron chi connectivity index (χ4n) is 5.97. The Balaban J connectivity index is 2.01. The molecule has 1 aliphatic carbocycles.